The molecule has 162 valence electrons. The summed E-state index contributed by atoms with van der Waals surface area (Å²) < 4.78 is 1.91. The molecule has 0 bridgehead atoms. The fourth-order valence-corrected chi connectivity index (χ4v) is 4.01. The molecular weight excluding hydrogens is 410 g/mol. The van der Waals surface area contributed by atoms with Gasteiger partial charge in [0.1, 0.15) is 0 Å². The van der Waals surface area contributed by atoms with Crippen LogP contribution in [0.15, 0.2) is 47.6 Å². The molecule has 0 atom stereocenters. The zero-order valence-corrected chi connectivity index (χ0v) is 19.0. The lowest BCUT2D eigenvalue weighted by Crippen LogP contribution is -2.25. The molecule has 0 aliphatic heterocycles. The third-order valence-corrected chi connectivity index (χ3v) is 5.75. The van der Waals surface area contributed by atoms with Gasteiger partial charge in [-0.25, -0.2) is 0 Å². The molecule has 0 fully saturated rings. The summed E-state index contributed by atoms with van der Waals surface area (Å²) in [5.41, 5.74) is 4.64. The number of amides is 2. The minimum absolute atomic E-state index is 0.100. The molecule has 0 aliphatic rings. The van der Waals surface area contributed by atoms with Crippen LogP contribution in [-0.4, -0.2) is 32.3 Å². The van der Waals surface area contributed by atoms with E-state index in [0.29, 0.717) is 23.1 Å². The maximum absolute atomic E-state index is 12.4. The number of thioether (sulfide) groups is 1. The summed E-state index contributed by atoms with van der Waals surface area (Å²) in [5.74, 6) is 0.621. The van der Waals surface area contributed by atoms with Crippen LogP contribution < -0.4 is 10.6 Å². The minimum Gasteiger partial charge on any atom is -0.345 e. The first-order chi connectivity index (χ1) is 14.9. The molecule has 0 aliphatic carbocycles. The van der Waals surface area contributed by atoms with E-state index in [2.05, 4.69) is 20.8 Å². The molecule has 31 heavy (non-hydrogen) atoms. The molecule has 1 aromatic heterocycles. The molecule has 0 spiro atoms. The van der Waals surface area contributed by atoms with Gasteiger partial charge in [0.05, 0.1) is 12.3 Å². The summed E-state index contributed by atoms with van der Waals surface area (Å²) >= 11 is 1.33. The van der Waals surface area contributed by atoms with Crippen LogP contribution in [0, 0.1) is 20.8 Å². The van der Waals surface area contributed by atoms with Crippen molar-refractivity contribution in [3.63, 3.8) is 0 Å². The summed E-state index contributed by atoms with van der Waals surface area (Å²) in [7, 11) is 0. The minimum atomic E-state index is -0.156. The highest BCUT2D eigenvalue weighted by Gasteiger charge is 2.15. The molecule has 7 nitrogen and oxygen atoms in total. The summed E-state index contributed by atoms with van der Waals surface area (Å²) in [6.07, 6.45) is 0. The van der Waals surface area contributed by atoms with Gasteiger partial charge in [-0.15, -0.1) is 10.2 Å². The van der Waals surface area contributed by atoms with Gasteiger partial charge in [0.15, 0.2) is 11.0 Å². The van der Waals surface area contributed by atoms with Crippen LogP contribution >= 0.6 is 11.8 Å². The lowest BCUT2D eigenvalue weighted by Gasteiger charge is -2.10. The normalized spacial score (nSPS) is 10.7. The number of hydrogen-bond donors (Lipinski definition) is 2. The van der Waals surface area contributed by atoms with Gasteiger partial charge in [0, 0.05) is 17.8 Å². The Morgan fingerprint density at radius 2 is 1.81 bits per heavy atom. The predicted octanol–water partition coefficient (Wildman–Crippen LogP) is 3.88. The fraction of sp³-hybridized carbons (Fsp3) is 0.304. The van der Waals surface area contributed by atoms with Crippen LogP contribution in [0.3, 0.4) is 0 Å². The predicted molar refractivity (Wildman–Crippen MR) is 123 cm³/mol. The first-order valence-electron chi connectivity index (χ1n) is 10.1. The smallest absolute Gasteiger partial charge is 0.251 e. The SMILES string of the molecule is CCn1c(CNC(=O)c2cccc(C)c2)nnc1SCC(=O)Nc1ccc(C)cc1C. The second-order valence-corrected chi connectivity index (χ2v) is 8.29. The molecular formula is C23H27N5O2S. The van der Waals surface area contributed by atoms with Crippen molar-refractivity contribution in [1.82, 2.24) is 20.1 Å². The maximum Gasteiger partial charge on any atom is 0.251 e. The average Bonchev–Trinajstić information content (AvgIpc) is 3.14. The summed E-state index contributed by atoms with van der Waals surface area (Å²) in [5, 5.41) is 14.9. The first-order valence-corrected chi connectivity index (χ1v) is 11.1. The number of nitrogens with zero attached hydrogens (tertiary/aromatic N) is 3. The van der Waals surface area contributed by atoms with Crippen LogP contribution in [0.2, 0.25) is 0 Å². The second-order valence-electron chi connectivity index (χ2n) is 7.35. The van der Waals surface area contributed by atoms with E-state index < -0.39 is 0 Å². The Balaban J connectivity index is 1.58. The van der Waals surface area contributed by atoms with Crippen molar-refractivity contribution in [3.05, 3.63) is 70.5 Å². The van der Waals surface area contributed by atoms with Gasteiger partial charge in [-0.2, -0.15) is 0 Å². The number of carbonyl (C=O) groups is 2. The summed E-state index contributed by atoms with van der Waals surface area (Å²) in [6, 6.07) is 13.4. The molecule has 2 aromatic carbocycles. The van der Waals surface area contributed by atoms with Crippen LogP contribution in [-0.2, 0) is 17.9 Å². The lowest BCUT2D eigenvalue weighted by molar-refractivity contribution is -0.113. The zero-order valence-electron chi connectivity index (χ0n) is 18.2. The van der Waals surface area contributed by atoms with Crippen molar-refractivity contribution >= 4 is 29.3 Å². The number of aryl methyl sites for hydroxylation is 3. The van der Waals surface area contributed by atoms with E-state index in [4.69, 9.17) is 0 Å². The number of benzene rings is 2. The van der Waals surface area contributed by atoms with Gasteiger partial charge in [0.2, 0.25) is 5.91 Å². The third kappa shape index (κ3) is 5.95. The van der Waals surface area contributed by atoms with E-state index in [1.807, 2.05) is 68.7 Å². The van der Waals surface area contributed by atoms with E-state index in [1.54, 1.807) is 6.07 Å². The van der Waals surface area contributed by atoms with Crippen LogP contribution in [0.25, 0.3) is 0 Å². The topological polar surface area (TPSA) is 88.9 Å². The molecule has 8 heteroatoms. The van der Waals surface area contributed by atoms with E-state index in [9.17, 15) is 9.59 Å². The molecule has 2 amide bonds. The number of carbonyl (C=O) groups excluding carboxylic acids is 2. The number of anilines is 1. The molecule has 1 heterocycles. The van der Waals surface area contributed by atoms with Gasteiger partial charge in [-0.3, -0.25) is 9.59 Å². The van der Waals surface area contributed by atoms with Crippen molar-refractivity contribution < 1.29 is 9.59 Å². The zero-order chi connectivity index (χ0) is 22.4. The van der Waals surface area contributed by atoms with Crippen molar-refractivity contribution in [2.45, 2.75) is 45.9 Å². The monoisotopic (exact) mass is 437 g/mol. The Morgan fingerprint density at radius 3 is 2.52 bits per heavy atom. The lowest BCUT2D eigenvalue weighted by atomic mass is 10.1. The Bertz CT molecular complexity index is 1090. The average molecular weight is 438 g/mol. The Morgan fingerprint density at radius 1 is 1.03 bits per heavy atom. The van der Waals surface area contributed by atoms with E-state index in [-0.39, 0.29) is 24.1 Å². The first kappa shape index (κ1) is 22.6. The fourth-order valence-electron chi connectivity index (χ4n) is 3.19. The van der Waals surface area contributed by atoms with Gasteiger partial charge < -0.3 is 15.2 Å². The van der Waals surface area contributed by atoms with Crippen molar-refractivity contribution in [1.29, 1.82) is 0 Å². The molecule has 3 rings (SSSR count). The Kier molecular flexibility index (Phi) is 7.46. The second kappa shape index (κ2) is 10.3. The highest BCUT2D eigenvalue weighted by atomic mass is 32.2. The largest absolute Gasteiger partial charge is 0.345 e. The van der Waals surface area contributed by atoms with Crippen LogP contribution in [0.4, 0.5) is 5.69 Å². The number of rotatable bonds is 8. The molecule has 0 saturated heterocycles. The van der Waals surface area contributed by atoms with Gasteiger partial charge >= 0.3 is 0 Å². The van der Waals surface area contributed by atoms with Gasteiger partial charge in [-0.05, 0) is 51.5 Å². The highest BCUT2D eigenvalue weighted by Crippen LogP contribution is 2.20. The molecule has 0 radical (unpaired) electrons. The van der Waals surface area contributed by atoms with Crippen LogP contribution in [0.5, 0.6) is 0 Å². The standard InChI is InChI=1S/C23H27N5O2S/c1-5-28-20(13-24-22(30)18-8-6-7-15(2)12-18)26-27-23(28)31-14-21(29)25-19-10-9-16(3)11-17(19)4/h6-12H,5,13-14H2,1-4H3,(H,24,30)(H,25,29). The summed E-state index contributed by atoms with van der Waals surface area (Å²) in [4.78, 5) is 24.8. The van der Waals surface area contributed by atoms with E-state index in [0.717, 1.165) is 22.4 Å². The highest BCUT2D eigenvalue weighted by molar-refractivity contribution is 7.99. The third-order valence-electron chi connectivity index (χ3n) is 4.79. The van der Waals surface area contributed by atoms with E-state index in [1.165, 1.54) is 11.8 Å². The number of aromatic nitrogens is 3. The number of nitrogens with one attached hydrogen (secondary N) is 2. The van der Waals surface area contributed by atoms with E-state index >= 15 is 0 Å². The van der Waals surface area contributed by atoms with Crippen LogP contribution in [0.1, 0.15) is 39.8 Å². The summed E-state index contributed by atoms with van der Waals surface area (Å²) in [6.45, 7) is 8.83. The molecule has 0 saturated carbocycles. The molecule has 3 aromatic rings. The Hall–Kier alpha value is -3.13. The van der Waals surface area contributed by atoms with Crippen molar-refractivity contribution in [2.75, 3.05) is 11.1 Å². The van der Waals surface area contributed by atoms with Gasteiger partial charge in [0.25, 0.3) is 5.91 Å². The Labute approximate surface area is 186 Å². The quantitative estimate of drug-likeness (QED) is 0.522. The molecule has 0 unspecified atom stereocenters. The van der Waals surface area contributed by atoms with Crippen molar-refractivity contribution in [2.24, 2.45) is 0 Å². The van der Waals surface area contributed by atoms with Crippen molar-refractivity contribution in [3.8, 4) is 0 Å². The van der Waals surface area contributed by atoms with Gasteiger partial charge in [-0.1, -0.05) is 47.2 Å². The maximum atomic E-state index is 12.4. The molecule has 2 N–H and O–H groups in total. The number of hydrogen-bond acceptors (Lipinski definition) is 5.